The summed E-state index contributed by atoms with van der Waals surface area (Å²) in [6.45, 7) is 1.96. The smallest absolute Gasteiger partial charge is 0.414 e. The topological polar surface area (TPSA) is 49.9 Å². The summed E-state index contributed by atoms with van der Waals surface area (Å²) >= 11 is 0. The number of rotatable bonds is 2. The third-order valence-electron chi connectivity index (χ3n) is 5.50. The minimum Gasteiger partial charge on any atom is -0.447 e. The van der Waals surface area contributed by atoms with Gasteiger partial charge in [0.25, 0.3) is 5.91 Å². The molecule has 5 rings (SSSR count). The molecular formula is C24H20N2O3. The number of ether oxygens (including phenoxy) is 1. The summed E-state index contributed by atoms with van der Waals surface area (Å²) in [5, 5.41) is 0. The standard InChI is InChI=1S/C24H20N2O3/c27-23(17-8-5-9-20(14-17)26-12-13-29-24(26)28)25-15-18-6-1-3-10-21(18)22-11-4-2-7-19(22)16-25/h1-11,14H,12-13,15-16H2. The van der Waals surface area contributed by atoms with Crippen LogP contribution in [0.25, 0.3) is 11.1 Å². The van der Waals surface area contributed by atoms with Crippen LogP contribution in [0.3, 0.4) is 0 Å². The number of amides is 2. The highest BCUT2D eigenvalue weighted by Gasteiger charge is 2.26. The van der Waals surface area contributed by atoms with Crippen molar-refractivity contribution in [3.05, 3.63) is 89.5 Å². The number of hydrogen-bond donors (Lipinski definition) is 0. The van der Waals surface area contributed by atoms with Crippen molar-refractivity contribution in [3.63, 3.8) is 0 Å². The molecule has 29 heavy (non-hydrogen) atoms. The molecule has 144 valence electrons. The maximum absolute atomic E-state index is 13.4. The van der Waals surface area contributed by atoms with Crippen LogP contribution < -0.4 is 4.90 Å². The molecule has 2 heterocycles. The largest absolute Gasteiger partial charge is 0.447 e. The highest BCUT2D eigenvalue weighted by molar-refractivity contribution is 5.97. The summed E-state index contributed by atoms with van der Waals surface area (Å²) in [4.78, 5) is 28.7. The lowest BCUT2D eigenvalue weighted by atomic mass is 9.97. The van der Waals surface area contributed by atoms with Gasteiger partial charge in [-0.1, -0.05) is 54.6 Å². The van der Waals surface area contributed by atoms with Gasteiger partial charge >= 0.3 is 6.09 Å². The van der Waals surface area contributed by atoms with E-state index in [0.29, 0.717) is 37.5 Å². The molecule has 3 aromatic rings. The minimum atomic E-state index is -0.368. The van der Waals surface area contributed by atoms with Gasteiger partial charge in [-0.3, -0.25) is 9.69 Å². The normalized spacial score (nSPS) is 15.4. The van der Waals surface area contributed by atoms with Crippen LogP contribution in [0.15, 0.2) is 72.8 Å². The highest BCUT2D eigenvalue weighted by atomic mass is 16.6. The Bertz CT molecular complexity index is 1060. The monoisotopic (exact) mass is 384 g/mol. The van der Waals surface area contributed by atoms with Gasteiger partial charge in [0.1, 0.15) is 6.61 Å². The summed E-state index contributed by atoms with van der Waals surface area (Å²) in [5.74, 6) is -0.0501. The number of nitrogens with zero attached hydrogens (tertiary/aromatic N) is 2. The minimum absolute atomic E-state index is 0.0501. The van der Waals surface area contributed by atoms with Crippen LogP contribution in [0.5, 0.6) is 0 Å². The predicted octanol–water partition coefficient (Wildman–Crippen LogP) is 4.47. The van der Waals surface area contributed by atoms with Gasteiger partial charge < -0.3 is 9.64 Å². The predicted molar refractivity (Wildman–Crippen MR) is 111 cm³/mol. The van der Waals surface area contributed by atoms with Gasteiger partial charge in [-0.15, -0.1) is 0 Å². The quantitative estimate of drug-likeness (QED) is 0.655. The zero-order valence-electron chi connectivity index (χ0n) is 15.9. The lowest BCUT2D eigenvalue weighted by molar-refractivity contribution is 0.0732. The summed E-state index contributed by atoms with van der Waals surface area (Å²) in [7, 11) is 0. The maximum atomic E-state index is 13.4. The van der Waals surface area contributed by atoms with E-state index in [1.807, 2.05) is 41.3 Å². The van der Waals surface area contributed by atoms with E-state index >= 15 is 0 Å². The van der Waals surface area contributed by atoms with E-state index in [0.717, 1.165) is 11.1 Å². The van der Waals surface area contributed by atoms with Crippen LogP contribution in [-0.2, 0) is 17.8 Å². The van der Waals surface area contributed by atoms with Crippen molar-refractivity contribution in [2.45, 2.75) is 13.1 Å². The number of hydrogen-bond acceptors (Lipinski definition) is 3. The second kappa shape index (κ2) is 7.09. The van der Waals surface area contributed by atoms with E-state index in [-0.39, 0.29) is 12.0 Å². The Kier molecular flexibility index (Phi) is 4.28. The molecule has 0 saturated carbocycles. The molecule has 0 unspecified atom stereocenters. The van der Waals surface area contributed by atoms with E-state index in [1.165, 1.54) is 11.1 Å². The Morgan fingerprint density at radius 1 is 0.828 bits per heavy atom. The second-order valence-corrected chi connectivity index (χ2v) is 7.29. The van der Waals surface area contributed by atoms with Crippen molar-refractivity contribution in [3.8, 4) is 11.1 Å². The molecule has 0 radical (unpaired) electrons. The molecule has 3 aromatic carbocycles. The Balaban J connectivity index is 1.50. The van der Waals surface area contributed by atoms with Crippen LogP contribution >= 0.6 is 0 Å². The fraction of sp³-hybridized carbons (Fsp3) is 0.167. The van der Waals surface area contributed by atoms with Gasteiger partial charge in [0.2, 0.25) is 0 Å². The molecule has 5 nitrogen and oxygen atoms in total. The summed E-state index contributed by atoms with van der Waals surface area (Å²) < 4.78 is 5.02. The summed E-state index contributed by atoms with van der Waals surface area (Å²) in [6, 6.07) is 23.7. The Morgan fingerprint density at radius 2 is 1.48 bits per heavy atom. The first kappa shape index (κ1) is 17.5. The Hall–Kier alpha value is -3.60. The number of anilines is 1. The van der Waals surface area contributed by atoms with Gasteiger partial charge in [0.05, 0.1) is 6.54 Å². The van der Waals surface area contributed by atoms with Crippen LogP contribution in [0.2, 0.25) is 0 Å². The summed E-state index contributed by atoms with van der Waals surface area (Å²) in [6.07, 6.45) is -0.368. The Morgan fingerprint density at radius 3 is 2.10 bits per heavy atom. The van der Waals surface area contributed by atoms with Crippen molar-refractivity contribution in [2.24, 2.45) is 0 Å². The second-order valence-electron chi connectivity index (χ2n) is 7.29. The number of carbonyl (C=O) groups is 2. The zero-order chi connectivity index (χ0) is 19.8. The van der Waals surface area contributed by atoms with Gasteiger partial charge in [-0.2, -0.15) is 0 Å². The zero-order valence-corrected chi connectivity index (χ0v) is 15.9. The van der Waals surface area contributed by atoms with Crippen LogP contribution in [0.4, 0.5) is 10.5 Å². The molecule has 2 amide bonds. The average molecular weight is 384 g/mol. The molecule has 1 saturated heterocycles. The first-order valence-corrected chi connectivity index (χ1v) is 9.70. The lowest BCUT2D eigenvalue weighted by Crippen LogP contribution is -2.30. The first-order chi connectivity index (χ1) is 14.2. The van der Waals surface area contributed by atoms with E-state index in [1.54, 1.807) is 17.0 Å². The SMILES string of the molecule is O=C(c1cccc(N2CCOC2=O)c1)N1Cc2ccccc2-c2ccccc2C1. The Labute approximate surface area is 169 Å². The molecule has 2 aliphatic heterocycles. The fourth-order valence-corrected chi connectivity index (χ4v) is 4.07. The van der Waals surface area contributed by atoms with Crippen LogP contribution in [-0.4, -0.2) is 30.1 Å². The molecule has 0 aromatic heterocycles. The van der Waals surface area contributed by atoms with E-state index in [2.05, 4.69) is 24.3 Å². The molecule has 0 bridgehead atoms. The summed E-state index contributed by atoms with van der Waals surface area (Å²) in [5.41, 5.74) is 5.86. The molecule has 2 aliphatic rings. The van der Waals surface area contributed by atoms with E-state index < -0.39 is 0 Å². The van der Waals surface area contributed by atoms with Crippen molar-refractivity contribution >= 4 is 17.7 Å². The van der Waals surface area contributed by atoms with Gasteiger partial charge in [0, 0.05) is 24.3 Å². The van der Waals surface area contributed by atoms with Gasteiger partial charge in [0.15, 0.2) is 0 Å². The molecule has 5 heteroatoms. The van der Waals surface area contributed by atoms with Crippen molar-refractivity contribution < 1.29 is 14.3 Å². The third kappa shape index (κ3) is 3.14. The molecular weight excluding hydrogens is 364 g/mol. The number of cyclic esters (lactones) is 1. The van der Waals surface area contributed by atoms with Crippen LogP contribution in [0, 0.1) is 0 Å². The first-order valence-electron chi connectivity index (χ1n) is 9.70. The van der Waals surface area contributed by atoms with Gasteiger partial charge in [-0.05, 0) is 40.5 Å². The lowest BCUT2D eigenvalue weighted by Gasteiger charge is -2.22. The molecule has 0 atom stereocenters. The van der Waals surface area contributed by atoms with E-state index in [9.17, 15) is 9.59 Å². The van der Waals surface area contributed by atoms with Crippen molar-refractivity contribution in [2.75, 3.05) is 18.1 Å². The highest BCUT2D eigenvalue weighted by Crippen LogP contribution is 2.33. The van der Waals surface area contributed by atoms with Gasteiger partial charge in [-0.25, -0.2) is 4.79 Å². The van der Waals surface area contributed by atoms with Crippen molar-refractivity contribution in [1.29, 1.82) is 0 Å². The molecule has 0 spiro atoms. The fourth-order valence-electron chi connectivity index (χ4n) is 4.07. The maximum Gasteiger partial charge on any atom is 0.414 e. The van der Waals surface area contributed by atoms with E-state index in [4.69, 9.17) is 4.74 Å². The number of fused-ring (bicyclic) bond motifs is 3. The molecule has 0 aliphatic carbocycles. The van der Waals surface area contributed by atoms with Crippen molar-refractivity contribution in [1.82, 2.24) is 4.90 Å². The molecule has 0 N–H and O–H groups in total. The molecule has 1 fully saturated rings. The third-order valence-corrected chi connectivity index (χ3v) is 5.50. The number of benzene rings is 3. The average Bonchev–Trinajstić information content (AvgIpc) is 3.11. The van der Waals surface area contributed by atoms with Crippen LogP contribution in [0.1, 0.15) is 21.5 Å². The number of carbonyl (C=O) groups excluding carboxylic acids is 2.